The van der Waals surface area contributed by atoms with Crippen LogP contribution >= 0.6 is 0 Å². The maximum Gasteiger partial charge on any atom is 0.181 e. The van der Waals surface area contributed by atoms with Crippen LogP contribution in [0.5, 0.6) is 17.2 Å². The molecule has 128 valence electrons. The molecule has 0 fully saturated rings. The first-order chi connectivity index (χ1) is 12.7. The Morgan fingerprint density at radius 2 is 1.77 bits per heavy atom. The van der Waals surface area contributed by atoms with E-state index < -0.39 is 0 Å². The van der Waals surface area contributed by atoms with E-state index in [0.29, 0.717) is 28.4 Å². The van der Waals surface area contributed by atoms with Crippen LogP contribution in [0.4, 0.5) is 0 Å². The van der Waals surface area contributed by atoms with Gasteiger partial charge in [0.25, 0.3) is 0 Å². The van der Waals surface area contributed by atoms with Gasteiger partial charge in [-0.3, -0.25) is 4.98 Å². The molecular formula is C20H16N4O2. The molecule has 1 aromatic carbocycles. The molecule has 0 aliphatic heterocycles. The third kappa shape index (κ3) is 3.04. The molecule has 6 nitrogen and oxygen atoms in total. The molecule has 0 bridgehead atoms. The Balaban J connectivity index is 1.83. The van der Waals surface area contributed by atoms with Gasteiger partial charge in [-0.15, -0.1) is 0 Å². The van der Waals surface area contributed by atoms with Crippen LogP contribution in [0.2, 0.25) is 0 Å². The largest absolute Gasteiger partial charge is 0.508 e. The van der Waals surface area contributed by atoms with Crippen LogP contribution in [0.3, 0.4) is 0 Å². The van der Waals surface area contributed by atoms with E-state index in [9.17, 15) is 5.11 Å². The lowest BCUT2D eigenvalue weighted by Crippen LogP contribution is -1.98. The molecule has 4 aromatic rings. The highest BCUT2D eigenvalue weighted by molar-refractivity contribution is 5.86. The van der Waals surface area contributed by atoms with E-state index in [1.807, 2.05) is 19.1 Å². The van der Waals surface area contributed by atoms with E-state index in [-0.39, 0.29) is 5.75 Å². The smallest absolute Gasteiger partial charge is 0.181 e. The monoisotopic (exact) mass is 344 g/mol. The number of hydrogen-bond acceptors (Lipinski definition) is 6. The molecule has 0 saturated carbocycles. The van der Waals surface area contributed by atoms with Crippen molar-refractivity contribution in [2.45, 2.75) is 13.3 Å². The van der Waals surface area contributed by atoms with Gasteiger partial charge in [0, 0.05) is 29.7 Å². The fraction of sp³-hybridized carbons (Fsp3) is 0.100. The Morgan fingerprint density at radius 3 is 2.58 bits per heavy atom. The van der Waals surface area contributed by atoms with Crippen molar-refractivity contribution in [3.05, 3.63) is 66.7 Å². The average Bonchev–Trinajstić information content (AvgIpc) is 2.69. The quantitative estimate of drug-likeness (QED) is 0.599. The van der Waals surface area contributed by atoms with Crippen LogP contribution in [-0.2, 0) is 6.42 Å². The summed E-state index contributed by atoms with van der Waals surface area (Å²) < 4.78 is 6.14. The SMILES string of the molecule is CCc1ccc(Oc2ccnc3ccc(O)cc23)c(-c2ncccn2)n1. The van der Waals surface area contributed by atoms with E-state index in [0.717, 1.165) is 17.6 Å². The van der Waals surface area contributed by atoms with E-state index in [1.54, 1.807) is 48.9 Å². The van der Waals surface area contributed by atoms with Crippen molar-refractivity contribution in [3.8, 4) is 28.8 Å². The molecule has 1 N–H and O–H groups in total. The standard InChI is InChI=1S/C20H16N4O2/c1-2-13-4-7-18(19(24-13)20-22-9-3-10-23-20)26-17-8-11-21-16-6-5-14(25)12-15(16)17/h3-12,25H,2H2,1H3. The van der Waals surface area contributed by atoms with Gasteiger partial charge < -0.3 is 9.84 Å². The summed E-state index contributed by atoms with van der Waals surface area (Å²) in [6, 6.07) is 12.3. The van der Waals surface area contributed by atoms with Crippen molar-refractivity contribution >= 4 is 10.9 Å². The van der Waals surface area contributed by atoms with Crippen LogP contribution in [0.1, 0.15) is 12.6 Å². The van der Waals surface area contributed by atoms with Gasteiger partial charge in [0.15, 0.2) is 17.3 Å². The van der Waals surface area contributed by atoms with E-state index in [4.69, 9.17) is 4.74 Å². The first kappa shape index (κ1) is 16.0. The summed E-state index contributed by atoms with van der Waals surface area (Å²) in [5, 5.41) is 10.5. The van der Waals surface area contributed by atoms with Crippen molar-refractivity contribution in [1.82, 2.24) is 19.9 Å². The molecule has 0 aliphatic rings. The van der Waals surface area contributed by atoms with Crippen LogP contribution in [0.25, 0.3) is 22.4 Å². The molecule has 0 aliphatic carbocycles. The summed E-state index contributed by atoms with van der Waals surface area (Å²) in [4.78, 5) is 17.5. The zero-order valence-corrected chi connectivity index (χ0v) is 14.1. The number of aromatic hydroxyl groups is 1. The summed E-state index contributed by atoms with van der Waals surface area (Å²) in [6.07, 6.45) is 5.81. The lowest BCUT2D eigenvalue weighted by atomic mass is 10.2. The van der Waals surface area contributed by atoms with Gasteiger partial charge in [-0.05, 0) is 48.9 Å². The summed E-state index contributed by atoms with van der Waals surface area (Å²) >= 11 is 0. The molecule has 0 atom stereocenters. The van der Waals surface area contributed by atoms with E-state index in [1.165, 1.54) is 0 Å². The number of ether oxygens (including phenoxy) is 1. The number of hydrogen-bond donors (Lipinski definition) is 1. The second-order valence-corrected chi connectivity index (χ2v) is 5.69. The Hall–Kier alpha value is -3.54. The molecule has 0 radical (unpaired) electrons. The lowest BCUT2D eigenvalue weighted by Gasteiger charge is -2.12. The molecule has 0 saturated heterocycles. The van der Waals surface area contributed by atoms with Crippen LogP contribution in [0.15, 0.2) is 61.1 Å². The number of rotatable bonds is 4. The normalized spacial score (nSPS) is 10.8. The van der Waals surface area contributed by atoms with Crippen molar-refractivity contribution in [3.63, 3.8) is 0 Å². The maximum atomic E-state index is 9.81. The molecule has 4 rings (SSSR count). The number of nitrogens with zero attached hydrogens (tertiary/aromatic N) is 4. The number of aryl methyl sites for hydroxylation is 1. The van der Waals surface area contributed by atoms with Gasteiger partial charge in [-0.1, -0.05) is 6.92 Å². The zero-order valence-electron chi connectivity index (χ0n) is 14.1. The average molecular weight is 344 g/mol. The fourth-order valence-electron chi connectivity index (χ4n) is 2.66. The van der Waals surface area contributed by atoms with E-state index in [2.05, 4.69) is 19.9 Å². The first-order valence-electron chi connectivity index (χ1n) is 8.27. The predicted molar refractivity (Wildman–Crippen MR) is 98.1 cm³/mol. The molecule has 6 heteroatoms. The van der Waals surface area contributed by atoms with Gasteiger partial charge in [0.1, 0.15) is 11.5 Å². The van der Waals surface area contributed by atoms with Crippen LogP contribution < -0.4 is 4.74 Å². The Bertz CT molecular complexity index is 1070. The zero-order chi connectivity index (χ0) is 17.9. The molecule has 0 unspecified atom stereocenters. The highest BCUT2D eigenvalue weighted by Crippen LogP contribution is 2.34. The third-order valence-electron chi connectivity index (χ3n) is 3.96. The minimum Gasteiger partial charge on any atom is -0.508 e. The summed E-state index contributed by atoms with van der Waals surface area (Å²) in [5.74, 6) is 1.78. The van der Waals surface area contributed by atoms with Gasteiger partial charge in [-0.25, -0.2) is 15.0 Å². The van der Waals surface area contributed by atoms with Crippen molar-refractivity contribution in [2.75, 3.05) is 0 Å². The molecule has 3 heterocycles. The minimum absolute atomic E-state index is 0.154. The van der Waals surface area contributed by atoms with Gasteiger partial charge in [-0.2, -0.15) is 0 Å². The fourth-order valence-corrected chi connectivity index (χ4v) is 2.66. The molecule has 0 amide bonds. The number of fused-ring (bicyclic) bond motifs is 1. The maximum absolute atomic E-state index is 9.81. The molecule has 3 aromatic heterocycles. The number of pyridine rings is 2. The Labute approximate surface area is 150 Å². The minimum atomic E-state index is 0.154. The second kappa shape index (κ2) is 6.76. The predicted octanol–water partition coefficient (Wildman–Crippen LogP) is 4.15. The lowest BCUT2D eigenvalue weighted by molar-refractivity contribution is 0.473. The summed E-state index contributed by atoms with van der Waals surface area (Å²) in [5.41, 5.74) is 2.24. The van der Waals surface area contributed by atoms with Crippen LogP contribution in [-0.4, -0.2) is 25.0 Å². The first-order valence-corrected chi connectivity index (χ1v) is 8.27. The van der Waals surface area contributed by atoms with Crippen LogP contribution in [0, 0.1) is 0 Å². The van der Waals surface area contributed by atoms with Crippen molar-refractivity contribution in [1.29, 1.82) is 0 Å². The topological polar surface area (TPSA) is 81.0 Å². The Morgan fingerprint density at radius 1 is 0.923 bits per heavy atom. The number of benzene rings is 1. The van der Waals surface area contributed by atoms with Gasteiger partial charge >= 0.3 is 0 Å². The third-order valence-corrected chi connectivity index (χ3v) is 3.96. The summed E-state index contributed by atoms with van der Waals surface area (Å²) in [6.45, 7) is 2.04. The number of phenols is 1. The van der Waals surface area contributed by atoms with E-state index >= 15 is 0 Å². The van der Waals surface area contributed by atoms with Crippen molar-refractivity contribution in [2.24, 2.45) is 0 Å². The molecule has 0 spiro atoms. The Kier molecular flexibility index (Phi) is 4.15. The number of phenolic OH excluding ortho intramolecular Hbond substituents is 1. The van der Waals surface area contributed by atoms with Gasteiger partial charge in [0.05, 0.1) is 5.52 Å². The van der Waals surface area contributed by atoms with Gasteiger partial charge in [0.2, 0.25) is 0 Å². The van der Waals surface area contributed by atoms with Crippen molar-refractivity contribution < 1.29 is 9.84 Å². The molecule has 26 heavy (non-hydrogen) atoms. The molecular weight excluding hydrogens is 328 g/mol. The second-order valence-electron chi connectivity index (χ2n) is 5.69. The summed E-state index contributed by atoms with van der Waals surface area (Å²) in [7, 11) is 0. The highest BCUT2D eigenvalue weighted by atomic mass is 16.5. The number of aromatic nitrogens is 4. The highest BCUT2D eigenvalue weighted by Gasteiger charge is 2.14.